The maximum Gasteiger partial charge on any atom is 0.335 e. The lowest BCUT2D eigenvalue weighted by Gasteiger charge is -2.47. The Morgan fingerprint density at radius 2 is 1.18 bits per heavy atom. The zero-order valence-corrected chi connectivity index (χ0v) is 20.6. The second-order valence-corrected chi connectivity index (χ2v) is 9.36. The van der Waals surface area contributed by atoms with Crippen LogP contribution < -0.4 is 5.73 Å². The molecule has 228 valence electrons. The van der Waals surface area contributed by atoms with Crippen molar-refractivity contribution in [3.8, 4) is 0 Å². The van der Waals surface area contributed by atoms with Gasteiger partial charge in [0.05, 0.1) is 19.8 Å². The summed E-state index contributed by atoms with van der Waals surface area (Å²) in [5.74, 6) is -1.73. The Bertz CT molecular complexity index is 775. The average Bonchev–Trinajstić information content (AvgIpc) is 2.91. The minimum Gasteiger partial charge on any atom is -0.479 e. The first kappa shape index (κ1) is 32.3. The highest BCUT2D eigenvalue weighted by atomic mass is 16.8. The van der Waals surface area contributed by atoms with Crippen LogP contribution in [0.2, 0.25) is 0 Å². The van der Waals surface area contributed by atoms with E-state index in [4.69, 9.17) is 34.2 Å². The fourth-order valence-corrected chi connectivity index (χ4v) is 4.43. The number of rotatable bonds is 11. The molecule has 18 nitrogen and oxygen atoms in total. The maximum atomic E-state index is 12.0. The van der Waals surface area contributed by atoms with Crippen LogP contribution in [-0.2, 0) is 33.2 Å². The molecule has 0 amide bonds. The van der Waals surface area contributed by atoms with Crippen molar-refractivity contribution in [3.05, 3.63) is 0 Å². The van der Waals surface area contributed by atoms with E-state index in [1.165, 1.54) is 0 Å². The third kappa shape index (κ3) is 7.01. The summed E-state index contributed by atoms with van der Waals surface area (Å²) in [5.41, 5.74) is 5.38. The summed E-state index contributed by atoms with van der Waals surface area (Å²) in [5, 5.41) is 101. The first-order chi connectivity index (χ1) is 18.5. The van der Waals surface area contributed by atoms with Gasteiger partial charge in [0.25, 0.3) is 0 Å². The summed E-state index contributed by atoms with van der Waals surface area (Å²) in [6, 6.07) is 0. The Morgan fingerprint density at radius 3 is 1.77 bits per heavy atom. The lowest BCUT2D eigenvalue weighted by Crippen LogP contribution is -2.67. The topological polar surface area (TPSA) is 301 Å². The number of ether oxygens (including phenoxy) is 6. The zero-order chi connectivity index (χ0) is 29.0. The van der Waals surface area contributed by atoms with Gasteiger partial charge < -0.3 is 85.2 Å². The molecule has 0 unspecified atom stereocenters. The molecule has 0 aliphatic carbocycles. The van der Waals surface area contributed by atoms with Crippen LogP contribution in [0.4, 0.5) is 0 Å². The van der Waals surface area contributed by atoms with Gasteiger partial charge >= 0.3 is 5.97 Å². The molecule has 3 rings (SSSR count). The molecule has 39 heavy (non-hydrogen) atoms. The maximum absolute atomic E-state index is 12.0. The number of carboxylic acid groups (broad SMARTS) is 1. The van der Waals surface area contributed by atoms with E-state index < -0.39 is 111 Å². The molecule has 18 heteroatoms. The van der Waals surface area contributed by atoms with Crippen molar-refractivity contribution in [2.45, 2.75) is 98.5 Å². The SMILES string of the molecule is NCCCO[C@@H]1O[C@H](CO)[C@@H](O[C@@H]2O[C@H](C(=O)O)[C@@H](O[C@@H]3O[C@H](CO)[C@@H](O)[C@H](O)[C@H]3O)[C@H](O)[C@H]2O)[C@H](O)[C@H]1O. The van der Waals surface area contributed by atoms with Crippen LogP contribution in [0.25, 0.3) is 0 Å². The van der Waals surface area contributed by atoms with Gasteiger partial charge in [-0.3, -0.25) is 0 Å². The molecule has 3 aliphatic rings. The van der Waals surface area contributed by atoms with Gasteiger partial charge in [0.2, 0.25) is 0 Å². The standard InChI is InChI=1S/C21H37NO17/c22-2-1-3-34-19-13(30)10(27)15(7(5-24)36-19)37-21-14(31)11(28)16(17(39-21)18(32)33)38-20-12(29)9(26)8(25)6(4-23)35-20/h6-17,19-21,23-31H,1-5,22H2,(H,32,33)/t6-,7-,8-,9+,10-,11-,12-,13-,14-,15-,16+,17+,19-,20+,21-/m1/s1. The largest absolute Gasteiger partial charge is 0.479 e. The van der Waals surface area contributed by atoms with Crippen LogP contribution in [0.15, 0.2) is 0 Å². The number of carboxylic acids is 1. The highest BCUT2D eigenvalue weighted by Gasteiger charge is 2.55. The molecule has 0 bridgehead atoms. The van der Waals surface area contributed by atoms with Crippen molar-refractivity contribution >= 4 is 5.97 Å². The molecule has 0 aromatic heterocycles. The zero-order valence-electron chi connectivity index (χ0n) is 20.6. The van der Waals surface area contributed by atoms with Gasteiger partial charge in [0, 0.05) is 0 Å². The van der Waals surface area contributed by atoms with Crippen LogP contribution in [0.3, 0.4) is 0 Å². The summed E-state index contributed by atoms with van der Waals surface area (Å²) in [6.45, 7) is -1.22. The van der Waals surface area contributed by atoms with Crippen LogP contribution in [0.5, 0.6) is 0 Å². The Hall–Kier alpha value is -1.17. The molecule has 15 atom stereocenters. The van der Waals surface area contributed by atoms with Crippen LogP contribution in [-0.4, -0.2) is 176 Å². The second kappa shape index (κ2) is 14.1. The van der Waals surface area contributed by atoms with E-state index >= 15 is 0 Å². The van der Waals surface area contributed by atoms with Gasteiger partial charge in [0.15, 0.2) is 25.0 Å². The number of aliphatic hydroxyl groups excluding tert-OH is 9. The average molecular weight is 576 g/mol. The van der Waals surface area contributed by atoms with Gasteiger partial charge in [-0.2, -0.15) is 0 Å². The minimum absolute atomic E-state index is 0.0708. The van der Waals surface area contributed by atoms with E-state index in [1.807, 2.05) is 0 Å². The van der Waals surface area contributed by atoms with Crippen molar-refractivity contribution in [1.29, 1.82) is 0 Å². The van der Waals surface area contributed by atoms with Crippen LogP contribution >= 0.6 is 0 Å². The summed E-state index contributed by atoms with van der Waals surface area (Å²) in [6.07, 6.45) is -26.3. The number of carbonyl (C=O) groups is 1. The second-order valence-electron chi connectivity index (χ2n) is 9.36. The van der Waals surface area contributed by atoms with E-state index in [1.54, 1.807) is 0 Å². The molecular weight excluding hydrogens is 538 g/mol. The van der Waals surface area contributed by atoms with Crippen molar-refractivity contribution in [3.63, 3.8) is 0 Å². The Morgan fingerprint density at radius 1 is 0.667 bits per heavy atom. The number of hydrogen-bond acceptors (Lipinski definition) is 17. The van der Waals surface area contributed by atoms with Gasteiger partial charge in [-0.05, 0) is 13.0 Å². The Kier molecular flexibility index (Phi) is 11.7. The van der Waals surface area contributed by atoms with Crippen LogP contribution in [0, 0.1) is 0 Å². The summed E-state index contributed by atoms with van der Waals surface area (Å²) in [7, 11) is 0. The van der Waals surface area contributed by atoms with Gasteiger partial charge in [0.1, 0.15) is 67.1 Å². The van der Waals surface area contributed by atoms with E-state index in [-0.39, 0.29) is 13.2 Å². The third-order valence-electron chi connectivity index (χ3n) is 6.67. The molecule has 3 saturated heterocycles. The number of aliphatic carboxylic acids is 1. The number of hydrogen-bond donors (Lipinski definition) is 11. The van der Waals surface area contributed by atoms with E-state index in [0.717, 1.165) is 0 Å². The predicted octanol–water partition coefficient (Wildman–Crippen LogP) is -7.11. The van der Waals surface area contributed by atoms with Crippen molar-refractivity contribution in [2.75, 3.05) is 26.4 Å². The first-order valence-corrected chi connectivity index (χ1v) is 12.3. The number of nitrogens with two attached hydrogens (primary N) is 1. The Labute approximate surface area is 221 Å². The third-order valence-corrected chi connectivity index (χ3v) is 6.67. The van der Waals surface area contributed by atoms with E-state index in [2.05, 4.69) is 0 Å². The highest BCUT2D eigenvalue weighted by Crippen LogP contribution is 2.32. The molecule has 0 saturated carbocycles. The number of aliphatic hydroxyl groups is 9. The normalized spacial score (nSPS) is 47.2. The first-order valence-electron chi connectivity index (χ1n) is 12.3. The van der Waals surface area contributed by atoms with E-state index in [0.29, 0.717) is 6.42 Å². The molecule has 0 radical (unpaired) electrons. The monoisotopic (exact) mass is 575 g/mol. The molecule has 12 N–H and O–H groups in total. The predicted molar refractivity (Wildman–Crippen MR) is 119 cm³/mol. The molecule has 0 aromatic carbocycles. The molecule has 0 aromatic rings. The molecule has 3 heterocycles. The lowest BCUT2D eigenvalue weighted by molar-refractivity contribution is -0.374. The summed E-state index contributed by atoms with van der Waals surface area (Å²) < 4.78 is 32.0. The summed E-state index contributed by atoms with van der Waals surface area (Å²) in [4.78, 5) is 12.0. The molecule has 3 fully saturated rings. The highest BCUT2D eigenvalue weighted by molar-refractivity contribution is 5.73. The molecule has 0 spiro atoms. The molecule has 3 aliphatic heterocycles. The van der Waals surface area contributed by atoms with Crippen molar-refractivity contribution < 1.29 is 84.3 Å². The Balaban J connectivity index is 1.73. The quantitative estimate of drug-likeness (QED) is 0.102. The van der Waals surface area contributed by atoms with E-state index in [9.17, 15) is 55.9 Å². The fourth-order valence-electron chi connectivity index (χ4n) is 4.43. The van der Waals surface area contributed by atoms with Gasteiger partial charge in [-0.25, -0.2) is 4.79 Å². The van der Waals surface area contributed by atoms with Crippen LogP contribution in [0.1, 0.15) is 6.42 Å². The van der Waals surface area contributed by atoms with Gasteiger partial charge in [-0.1, -0.05) is 0 Å². The van der Waals surface area contributed by atoms with Crippen molar-refractivity contribution in [2.24, 2.45) is 5.73 Å². The summed E-state index contributed by atoms with van der Waals surface area (Å²) >= 11 is 0. The fraction of sp³-hybridized carbons (Fsp3) is 0.952. The minimum atomic E-state index is -2.09. The van der Waals surface area contributed by atoms with Crippen molar-refractivity contribution in [1.82, 2.24) is 0 Å². The molecular formula is C21H37NO17. The van der Waals surface area contributed by atoms with Gasteiger partial charge in [-0.15, -0.1) is 0 Å². The lowest BCUT2D eigenvalue weighted by atomic mass is 9.96. The smallest absolute Gasteiger partial charge is 0.335 e.